The Morgan fingerprint density at radius 3 is 2.70 bits per heavy atom. The number of nitrogen functional groups attached to an aromatic ring is 1. The molecule has 0 unspecified atom stereocenters. The highest BCUT2D eigenvalue weighted by atomic mass is 16.5. The summed E-state index contributed by atoms with van der Waals surface area (Å²) in [6, 6.07) is 7.22. The Bertz CT molecular complexity index is 903. The van der Waals surface area contributed by atoms with Crippen molar-refractivity contribution in [3.63, 3.8) is 0 Å². The lowest BCUT2D eigenvalue weighted by Gasteiger charge is -2.12. The van der Waals surface area contributed by atoms with E-state index in [1.54, 1.807) is 31.2 Å². The van der Waals surface area contributed by atoms with Crippen molar-refractivity contribution in [2.24, 2.45) is 0 Å². The molecule has 0 spiro atoms. The number of aliphatic hydroxyl groups is 1. The van der Waals surface area contributed by atoms with Crippen LogP contribution in [0.15, 0.2) is 54.3 Å². The third-order valence-corrected chi connectivity index (χ3v) is 3.79. The summed E-state index contributed by atoms with van der Waals surface area (Å²) in [4.78, 5) is 8.46. The molecule has 0 radical (unpaired) electrons. The fraction of sp³-hybridized carbons (Fsp3) is 0.200. The predicted octanol–water partition coefficient (Wildman–Crippen LogP) is 3.45. The third-order valence-electron chi connectivity index (χ3n) is 3.79. The van der Waals surface area contributed by atoms with E-state index in [1.165, 1.54) is 6.20 Å². The van der Waals surface area contributed by atoms with Gasteiger partial charge in [-0.1, -0.05) is 49.4 Å². The molecular formula is C20H23N5O2. The van der Waals surface area contributed by atoms with Crippen molar-refractivity contribution < 1.29 is 9.84 Å². The van der Waals surface area contributed by atoms with Gasteiger partial charge >= 0.3 is 0 Å². The molecule has 0 saturated heterocycles. The summed E-state index contributed by atoms with van der Waals surface area (Å²) in [5.41, 5.74) is 8.29. The van der Waals surface area contributed by atoms with E-state index in [0.717, 1.165) is 6.42 Å². The summed E-state index contributed by atoms with van der Waals surface area (Å²) in [5, 5.41) is 25.7. The standard InChI is InChI=1S/C20H23N5O2/c1-3-5-8-13(4-2)19(22)27-20(23)17-18(21)24-11-16(25-17)15-10-7-6-9-14(15)12-26/h4-11,22-23,26H,3,12H2,1-2H3,(H2,21,24)/b8-5-,13-4+,22-19?,23-20?. The number of nitrogens with zero attached hydrogens (tertiary/aromatic N) is 2. The number of rotatable bonds is 6. The van der Waals surface area contributed by atoms with Crippen LogP contribution in [0.1, 0.15) is 31.5 Å². The topological polar surface area (TPSA) is 129 Å². The maximum Gasteiger partial charge on any atom is 0.243 e. The maximum absolute atomic E-state index is 9.51. The second kappa shape index (κ2) is 9.40. The molecule has 0 saturated carbocycles. The molecule has 2 rings (SSSR count). The minimum absolute atomic E-state index is 0.0316. The second-order valence-corrected chi connectivity index (χ2v) is 5.62. The number of aliphatic hydroxyl groups excluding tert-OH is 1. The van der Waals surface area contributed by atoms with E-state index >= 15 is 0 Å². The zero-order valence-electron chi connectivity index (χ0n) is 15.4. The van der Waals surface area contributed by atoms with Crippen LogP contribution in [0.2, 0.25) is 0 Å². The van der Waals surface area contributed by atoms with Crippen molar-refractivity contribution in [2.45, 2.75) is 26.9 Å². The molecule has 0 aliphatic rings. The van der Waals surface area contributed by atoms with Gasteiger partial charge in [-0.25, -0.2) is 9.97 Å². The fourth-order valence-corrected chi connectivity index (χ4v) is 2.36. The highest BCUT2D eigenvalue weighted by Crippen LogP contribution is 2.23. The van der Waals surface area contributed by atoms with Gasteiger partial charge in [0.2, 0.25) is 11.8 Å². The van der Waals surface area contributed by atoms with Gasteiger partial charge < -0.3 is 15.6 Å². The summed E-state index contributed by atoms with van der Waals surface area (Å²) in [7, 11) is 0. The van der Waals surface area contributed by atoms with E-state index in [9.17, 15) is 5.11 Å². The van der Waals surface area contributed by atoms with E-state index in [0.29, 0.717) is 22.4 Å². The molecule has 0 fully saturated rings. The fourth-order valence-electron chi connectivity index (χ4n) is 2.36. The highest BCUT2D eigenvalue weighted by molar-refractivity contribution is 6.06. The van der Waals surface area contributed by atoms with Crippen LogP contribution in [-0.2, 0) is 11.3 Å². The molecule has 7 heteroatoms. The number of ether oxygens (including phenoxy) is 1. The number of aromatic nitrogens is 2. The Kier molecular flexibility index (Phi) is 6.96. The Balaban J connectivity index is 2.32. The summed E-state index contributed by atoms with van der Waals surface area (Å²) in [6.45, 7) is 3.63. The first-order valence-electron chi connectivity index (χ1n) is 8.52. The summed E-state index contributed by atoms with van der Waals surface area (Å²) >= 11 is 0. The molecule has 1 heterocycles. The van der Waals surface area contributed by atoms with E-state index in [4.69, 9.17) is 21.3 Å². The van der Waals surface area contributed by atoms with Crippen LogP contribution < -0.4 is 5.73 Å². The summed E-state index contributed by atoms with van der Waals surface area (Å²) in [6.07, 6.45) is 7.70. The van der Waals surface area contributed by atoms with Crippen LogP contribution in [-0.4, -0.2) is 26.9 Å². The SMILES string of the molecule is C/C=C(\C=C/CC)C(=N)OC(=N)c1nc(-c2ccccc2CO)cnc1N. The van der Waals surface area contributed by atoms with Crippen molar-refractivity contribution in [2.75, 3.05) is 5.73 Å². The van der Waals surface area contributed by atoms with Crippen molar-refractivity contribution in [1.82, 2.24) is 9.97 Å². The van der Waals surface area contributed by atoms with Crippen LogP contribution in [0.5, 0.6) is 0 Å². The van der Waals surface area contributed by atoms with Gasteiger partial charge in [0.15, 0.2) is 11.5 Å². The highest BCUT2D eigenvalue weighted by Gasteiger charge is 2.17. The number of anilines is 1. The number of nitrogens with one attached hydrogen (secondary N) is 2. The Hall–Kier alpha value is -3.32. The average molecular weight is 365 g/mol. The molecule has 5 N–H and O–H groups in total. The lowest BCUT2D eigenvalue weighted by Crippen LogP contribution is -2.17. The Labute approximate surface area is 158 Å². The summed E-state index contributed by atoms with van der Waals surface area (Å²) in [5.74, 6) is -0.503. The van der Waals surface area contributed by atoms with E-state index < -0.39 is 0 Å². The molecule has 0 aliphatic carbocycles. The zero-order valence-corrected chi connectivity index (χ0v) is 15.4. The Morgan fingerprint density at radius 2 is 2.04 bits per heavy atom. The van der Waals surface area contributed by atoms with E-state index in [1.807, 2.05) is 25.1 Å². The first kappa shape index (κ1) is 20.0. The minimum atomic E-state index is -0.363. The third kappa shape index (κ3) is 4.86. The van der Waals surface area contributed by atoms with Crippen LogP contribution >= 0.6 is 0 Å². The molecule has 0 aliphatic heterocycles. The first-order valence-corrected chi connectivity index (χ1v) is 8.52. The van der Waals surface area contributed by atoms with Gasteiger partial charge in [0.1, 0.15) is 0 Å². The number of allylic oxidation sites excluding steroid dienone is 2. The number of nitrogens with two attached hydrogens (primary N) is 1. The predicted molar refractivity (Wildman–Crippen MR) is 107 cm³/mol. The van der Waals surface area contributed by atoms with Gasteiger partial charge in [-0.2, -0.15) is 0 Å². The van der Waals surface area contributed by atoms with Gasteiger partial charge in [0, 0.05) is 11.1 Å². The van der Waals surface area contributed by atoms with Crippen molar-refractivity contribution in [3.05, 3.63) is 65.5 Å². The lowest BCUT2D eigenvalue weighted by molar-refractivity contribution is 0.282. The first-order chi connectivity index (χ1) is 13.0. The molecule has 1 aromatic heterocycles. The van der Waals surface area contributed by atoms with Gasteiger partial charge in [-0.05, 0) is 18.9 Å². The average Bonchev–Trinajstić information content (AvgIpc) is 2.68. The van der Waals surface area contributed by atoms with Crippen LogP contribution in [0.25, 0.3) is 11.3 Å². The lowest BCUT2D eigenvalue weighted by atomic mass is 10.1. The van der Waals surface area contributed by atoms with E-state index in [2.05, 4.69) is 9.97 Å². The van der Waals surface area contributed by atoms with Gasteiger partial charge in [-0.15, -0.1) is 0 Å². The molecule has 0 bridgehead atoms. The minimum Gasteiger partial charge on any atom is -0.419 e. The number of hydrogen-bond donors (Lipinski definition) is 4. The molecular weight excluding hydrogens is 342 g/mol. The van der Waals surface area contributed by atoms with Crippen molar-refractivity contribution in [1.29, 1.82) is 10.8 Å². The van der Waals surface area contributed by atoms with E-state index in [-0.39, 0.29) is 29.9 Å². The van der Waals surface area contributed by atoms with Gasteiger partial charge in [0.05, 0.1) is 18.5 Å². The zero-order chi connectivity index (χ0) is 19.8. The molecule has 27 heavy (non-hydrogen) atoms. The molecule has 1 aromatic carbocycles. The summed E-state index contributed by atoms with van der Waals surface area (Å²) < 4.78 is 5.33. The normalized spacial score (nSPS) is 11.6. The Morgan fingerprint density at radius 1 is 1.30 bits per heavy atom. The van der Waals surface area contributed by atoms with Crippen LogP contribution in [0, 0.1) is 10.8 Å². The second-order valence-electron chi connectivity index (χ2n) is 5.62. The smallest absolute Gasteiger partial charge is 0.243 e. The number of hydrogen-bond acceptors (Lipinski definition) is 7. The van der Waals surface area contributed by atoms with Crippen molar-refractivity contribution in [3.8, 4) is 11.3 Å². The molecule has 0 amide bonds. The number of benzene rings is 1. The van der Waals surface area contributed by atoms with Crippen LogP contribution in [0.4, 0.5) is 5.82 Å². The molecule has 2 aromatic rings. The largest absolute Gasteiger partial charge is 0.419 e. The molecule has 7 nitrogen and oxygen atoms in total. The maximum atomic E-state index is 9.51. The molecule has 140 valence electrons. The van der Waals surface area contributed by atoms with Gasteiger partial charge in [0.25, 0.3) is 0 Å². The monoisotopic (exact) mass is 365 g/mol. The van der Waals surface area contributed by atoms with Crippen molar-refractivity contribution >= 4 is 17.6 Å². The van der Waals surface area contributed by atoms with Crippen LogP contribution in [0.3, 0.4) is 0 Å². The quantitative estimate of drug-likeness (QED) is 0.354. The van der Waals surface area contributed by atoms with Gasteiger partial charge in [-0.3, -0.25) is 10.8 Å². The molecule has 0 atom stereocenters.